The lowest BCUT2D eigenvalue weighted by atomic mass is 10.1. The molecule has 0 aliphatic carbocycles. The van der Waals surface area contributed by atoms with Crippen molar-refractivity contribution in [3.63, 3.8) is 0 Å². The van der Waals surface area contributed by atoms with E-state index in [2.05, 4.69) is 15.9 Å². The van der Waals surface area contributed by atoms with E-state index in [1.165, 1.54) is 23.1 Å². The fourth-order valence-corrected chi connectivity index (χ4v) is 3.17. The van der Waals surface area contributed by atoms with Crippen LogP contribution in [0.2, 0.25) is 0 Å². The molecule has 0 bridgehead atoms. The molecule has 19 heavy (non-hydrogen) atoms. The van der Waals surface area contributed by atoms with Crippen molar-refractivity contribution in [3.8, 4) is 0 Å². The molecule has 0 radical (unpaired) electrons. The van der Waals surface area contributed by atoms with Gasteiger partial charge in [-0.1, -0.05) is 0 Å². The van der Waals surface area contributed by atoms with Crippen molar-refractivity contribution in [2.45, 2.75) is 6.54 Å². The minimum Gasteiger partial charge on any atom is -0.398 e. The molecule has 1 amide bonds. The maximum atomic E-state index is 13.2. The molecular weight excluding hydrogens is 331 g/mol. The first-order chi connectivity index (χ1) is 8.97. The third-order valence-corrected chi connectivity index (χ3v) is 4.29. The quantitative estimate of drug-likeness (QED) is 0.867. The zero-order valence-electron chi connectivity index (χ0n) is 10.2. The zero-order valence-corrected chi connectivity index (χ0v) is 12.6. The Labute approximate surface area is 123 Å². The van der Waals surface area contributed by atoms with E-state index in [0.717, 1.165) is 9.35 Å². The second-order valence-electron chi connectivity index (χ2n) is 4.12. The maximum absolute atomic E-state index is 13.2. The average Bonchev–Trinajstić information content (AvgIpc) is 2.77. The number of thiophene rings is 1. The van der Waals surface area contributed by atoms with Gasteiger partial charge in [-0.05, 0) is 40.2 Å². The molecule has 2 N–H and O–H groups in total. The smallest absolute Gasteiger partial charge is 0.256 e. The number of nitrogens with zero attached hydrogens (tertiary/aromatic N) is 1. The van der Waals surface area contributed by atoms with Gasteiger partial charge in [0.1, 0.15) is 5.82 Å². The van der Waals surface area contributed by atoms with E-state index < -0.39 is 5.82 Å². The monoisotopic (exact) mass is 342 g/mol. The minimum absolute atomic E-state index is 0.193. The third kappa shape index (κ3) is 3.33. The fourth-order valence-electron chi connectivity index (χ4n) is 1.66. The van der Waals surface area contributed by atoms with Crippen molar-refractivity contribution in [2.24, 2.45) is 0 Å². The molecule has 0 spiro atoms. The fraction of sp³-hybridized carbons (Fsp3) is 0.154. The van der Waals surface area contributed by atoms with Gasteiger partial charge in [0.2, 0.25) is 0 Å². The summed E-state index contributed by atoms with van der Waals surface area (Å²) in [5, 5.41) is 1.95. The first kappa shape index (κ1) is 14.0. The van der Waals surface area contributed by atoms with Crippen molar-refractivity contribution in [1.82, 2.24) is 4.90 Å². The largest absolute Gasteiger partial charge is 0.398 e. The first-order valence-electron chi connectivity index (χ1n) is 5.51. The summed E-state index contributed by atoms with van der Waals surface area (Å²) in [6, 6.07) is 5.75. The van der Waals surface area contributed by atoms with Crippen LogP contribution in [0.5, 0.6) is 0 Å². The van der Waals surface area contributed by atoms with Crippen molar-refractivity contribution >= 4 is 38.9 Å². The van der Waals surface area contributed by atoms with Crippen LogP contribution in [0.1, 0.15) is 15.2 Å². The van der Waals surface area contributed by atoms with E-state index in [9.17, 15) is 9.18 Å². The Kier molecular flexibility index (Phi) is 4.21. The van der Waals surface area contributed by atoms with Gasteiger partial charge in [-0.15, -0.1) is 11.3 Å². The van der Waals surface area contributed by atoms with Crippen molar-refractivity contribution in [3.05, 3.63) is 50.4 Å². The Morgan fingerprint density at radius 2 is 2.21 bits per heavy atom. The second kappa shape index (κ2) is 5.71. The highest BCUT2D eigenvalue weighted by molar-refractivity contribution is 9.10. The van der Waals surface area contributed by atoms with E-state index in [-0.39, 0.29) is 17.2 Å². The van der Waals surface area contributed by atoms with Crippen LogP contribution in [-0.4, -0.2) is 17.9 Å². The molecule has 1 heterocycles. The molecule has 0 saturated carbocycles. The summed E-state index contributed by atoms with van der Waals surface area (Å²) in [5.41, 5.74) is 6.18. The Balaban J connectivity index is 2.16. The van der Waals surface area contributed by atoms with E-state index in [4.69, 9.17) is 5.73 Å². The number of nitrogen functional groups attached to an aromatic ring is 1. The Morgan fingerprint density at radius 3 is 2.84 bits per heavy atom. The van der Waals surface area contributed by atoms with E-state index in [1.807, 2.05) is 11.4 Å². The standard InChI is InChI=1S/C13H12BrFN2OS/c1-17(6-10-4-8(14)7-19-10)13(18)11-5-9(15)2-3-12(11)16/h2-5,7H,6,16H2,1H3. The van der Waals surface area contributed by atoms with Crippen LogP contribution in [0, 0.1) is 5.82 Å². The molecule has 0 atom stereocenters. The first-order valence-corrected chi connectivity index (χ1v) is 7.18. The summed E-state index contributed by atoms with van der Waals surface area (Å²) in [5.74, 6) is -0.758. The van der Waals surface area contributed by atoms with Crippen molar-refractivity contribution < 1.29 is 9.18 Å². The molecule has 0 aliphatic rings. The summed E-state index contributed by atoms with van der Waals surface area (Å²) in [6.07, 6.45) is 0. The number of halogens is 2. The van der Waals surface area contributed by atoms with Crippen LogP contribution in [0.15, 0.2) is 34.1 Å². The number of carbonyl (C=O) groups excluding carboxylic acids is 1. The topological polar surface area (TPSA) is 46.3 Å². The van der Waals surface area contributed by atoms with Crippen LogP contribution in [0.4, 0.5) is 10.1 Å². The third-order valence-electron chi connectivity index (χ3n) is 2.61. The number of amides is 1. The second-order valence-corrected chi connectivity index (χ2v) is 6.04. The molecule has 0 saturated heterocycles. The highest BCUT2D eigenvalue weighted by Crippen LogP contribution is 2.22. The maximum Gasteiger partial charge on any atom is 0.256 e. The van der Waals surface area contributed by atoms with Crippen LogP contribution in [0.25, 0.3) is 0 Å². The Hall–Kier alpha value is -1.40. The molecule has 3 nitrogen and oxygen atoms in total. The van der Waals surface area contributed by atoms with Gasteiger partial charge < -0.3 is 10.6 Å². The molecule has 0 fully saturated rings. The summed E-state index contributed by atoms with van der Waals surface area (Å²) < 4.78 is 14.2. The summed E-state index contributed by atoms with van der Waals surface area (Å²) in [7, 11) is 1.67. The predicted molar refractivity (Wildman–Crippen MR) is 78.6 cm³/mol. The summed E-state index contributed by atoms with van der Waals surface area (Å²) in [4.78, 5) is 14.8. The number of carbonyl (C=O) groups is 1. The number of nitrogens with two attached hydrogens (primary N) is 1. The van der Waals surface area contributed by atoms with Gasteiger partial charge in [0.15, 0.2) is 0 Å². The van der Waals surface area contributed by atoms with Gasteiger partial charge in [0.05, 0.1) is 12.1 Å². The SMILES string of the molecule is CN(Cc1cc(Br)cs1)C(=O)c1cc(F)ccc1N. The van der Waals surface area contributed by atoms with E-state index >= 15 is 0 Å². The number of hydrogen-bond donors (Lipinski definition) is 1. The molecular formula is C13H12BrFN2OS. The zero-order chi connectivity index (χ0) is 14.0. The minimum atomic E-state index is -0.468. The Bertz CT molecular complexity index is 614. The molecule has 2 rings (SSSR count). The summed E-state index contributed by atoms with van der Waals surface area (Å²) >= 11 is 4.91. The van der Waals surface area contributed by atoms with Crippen molar-refractivity contribution in [1.29, 1.82) is 0 Å². The van der Waals surface area contributed by atoms with Gasteiger partial charge >= 0.3 is 0 Å². The van der Waals surface area contributed by atoms with Gasteiger partial charge in [0.25, 0.3) is 5.91 Å². The van der Waals surface area contributed by atoms with Crippen LogP contribution >= 0.6 is 27.3 Å². The number of benzene rings is 1. The lowest BCUT2D eigenvalue weighted by Crippen LogP contribution is -2.26. The van der Waals surface area contributed by atoms with Crippen molar-refractivity contribution in [2.75, 3.05) is 12.8 Å². The van der Waals surface area contributed by atoms with Gasteiger partial charge in [-0.25, -0.2) is 4.39 Å². The normalized spacial score (nSPS) is 10.5. The predicted octanol–water partition coefficient (Wildman–Crippen LogP) is 3.50. The number of anilines is 1. The van der Waals surface area contributed by atoms with E-state index in [1.54, 1.807) is 18.4 Å². The number of hydrogen-bond acceptors (Lipinski definition) is 3. The van der Waals surface area contributed by atoms with E-state index in [0.29, 0.717) is 6.54 Å². The lowest BCUT2D eigenvalue weighted by Gasteiger charge is -2.17. The molecule has 0 aliphatic heterocycles. The number of rotatable bonds is 3. The van der Waals surface area contributed by atoms with Gasteiger partial charge in [-0.3, -0.25) is 4.79 Å². The highest BCUT2D eigenvalue weighted by Gasteiger charge is 2.16. The lowest BCUT2D eigenvalue weighted by molar-refractivity contribution is 0.0787. The van der Waals surface area contributed by atoms with Gasteiger partial charge in [0, 0.05) is 27.5 Å². The summed E-state index contributed by atoms with van der Waals surface area (Å²) in [6.45, 7) is 0.463. The molecule has 1 aromatic heterocycles. The van der Waals surface area contributed by atoms with Crippen LogP contribution in [-0.2, 0) is 6.54 Å². The van der Waals surface area contributed by atoms with Crippen LogP contribution < -0.4 is 5.73 Å². The highest BCUT2D eigenvalue weighted by atomic mass is 79.9. The average molecular weight is 343 g/mol. The molecule has 1 aromatic carbocycles. The molecule has 0 unspecified atom stereocenters. The Morgan fingerprint density at radius 1 is 1.47 bits per heavy atom. The molecule has 100 valence electrons. The van der Waals surface area contributed by atoms with Crippen LogP contribution in [0.3, 0.4) is 0 Å². The molecule has 6 heteroatoms. The van der Waals surface area contributed by atoms with Gasteiger partial charge in [-0.2, -0.15) is 0 Å². The molecule has 2 aromatic rings.